The zero-order chi connectivity index (χ0) is 12.6. The summed E-state index contributed by atoms with van der Waals surface area (Å²) in [4.78, 5) is 3.94. The van der Waals surface area contributed by atoms with Crippen LogP contribution in [-0.2, 0) is 6.42 Å². The van der Waals surface area contributed by atoms with E-state index in [1.165, 1.54) is 24.8 Å². The maximum Gasteiger partial charge on any atom is 0.155 e. The van der Waals surface area contributed by atoms with E-state index < -0.39 is 0 Å². The van der Waals surface area contributed by atoms with Crippen molar-refractivity contribution < 1.29 is 4.74 Å². The highest BCUT2D eigenvalue weighted by Crippen LogP contribution is 2.25. The molecule has 2 heteroatoms. The van der Waals surface area contributed by atoms with Crippen LogP contribution < -0.4 is 4.74 Å². The third-order valence-corrected chi connectivity index (χ3v) is 2.83. The summed E-state index contributed by atoms with van der Waals surface area (Å²) in [6.45, 7) is 2.22. The number of ether oxygens (including phenoxy) is 1. The summed E-state index contributed by atoms with van der Waals surface area (Å²) in [5, 5.41) is 0. The number of rotatable bonds is 6. The predicted molar refractivity (Wildman–Crippen MR) is 72.8 cm³/mol. The maximum atomic E-state index is 5.82. The molecule has 1 aromatic carbocycles. The first-order valence-corrected chi connectivity index (χ1v) is 6.48. The monoisotopic (exact) mass is 240 g/mol. The van der Waals surface area contributed by atoms with Gasteiger partial charge in [0.1, 0.15) is 11.9 Å². The van der Waals surface area contributed by atoms with Crippen LogP contribution in [-0.4, -0.2) is 4.98 Å². The first-order chi connectivity index (χ1) is 8.90. The first kappa shape index (κ1) is 12.6. The molecule has 0 saturated heterocycles. The molecule has 1 radical (unpaired) electrons. The van der Waals surface area contributed by atoms with E-state index in [9.17, 15) is 0 Å². The van der Waals surface area contributed by atoms with E-state index in [1.807, 2.05) is 24.3 Å². The Kier molecular flexibility index (Phi) is 4.77. The van der Waals surface area contributed by atoms with Crippen LogP contribution in [0.2, 0.25) is 0 Å². The van der Waals surface area contributed by atoms with Gasteiger partial charge in [-0.3, -0.25) is 4.98 Å². The largest absolute Gasteiger partial charge is 0.455 e. The van der Waals surface area contributed by atoms with Gasteiger partial charge in [0.05, 0.1) is 0 Å². The molecule has 0 atom stereocenters. The number of hydrogen-bond donors (Lipinski definition) is 0. The molecule has 0 aliphatic heterocycles. The van der Waals surface area contributed by atoms with Crippen LogP contribution in [0.4, 0.5) is 0 Å². The van der Waals surface area contributed by atoms with Crippen molar-refractivity contribution in [3.63, 3.8) is 0 Å². The molecule has 0 bridgehead atoms. The van der Waals surface area contributed by atoms with Crippen molar-refractivity contribution in [3.05, 3.63) is 54.4 Å². The average molecular weight is 240 g/mol. The van der Waals surface area contributed by atoms with Crippen LogP contribution >= 0.6 is 0 Å². The minimum atomic E-state index is 0.667. The number of aromatic nitrogens is 1. The molecule has 0 unspecified atom stereocenters. The maximum absolute atomic E-state index is 5.82. The van der Waals surface area contributed by atoms with Crippen molar-refractivity contribution in [1.82, 2.24) is 4.98 Å². The van der Waals surface area contributed by atoms with Gasteiger partial charge < -0.3 is 4.74 Å². The van der Waals surface area contributed by atoms with Gasteiger partial charge in [-0.05, 0) is 36.6 Å². The van der Waals surface area contributed by atoms with Gasteiger partial charge in [-0.25, -0.2) is 0 Å². The van der Waals surface area contributed by atoms with Crippen molar-refractivity contribution in [2.24, 2.45) is 0 Å². The Labute approximate surface area is 109 Å². The number of pyridine rings is 1. The van der Waals surface area contributed by atoms with Gasteiger partial charge in [-0.1, -0.05) is 38.0 Å². The number of para-hydroxylation sites is 1. The van der Waals surface area contributed by atoms with Crippen LogP contribution in [0.1, 0.15) is 31.7 Å². The molecule has 18 heavy (non-hydrogen) atoms. The van der Waals surface area contributed by atoms with E-state index in [1.54, 1.807) is 6.20 Å². The fourth-order valence-electron chi connectivity index (χ4n) is 1.86. The SMILES string of the molecule is CCCCCc1ccccc1Oc1[c]nccc1. The lowest BCUT2D eigenvalue weighted by Crippen LogP contribution is -1.92. The standard InChI is InChI=1S/C16H18NO/c1-2-3-4-8-14-9-5-6-11-16(14)18-15-10-7-12-17-13-15/h5-7,9-12H,2-4,8H2,1H3. The Balaban J connectivity index is 2.07. The summed E-state index contributed by atoms with van der Waals surface area (Å²) < 4.78 is 5.82. The fraction of sp³-hybridized carbons (Fsp3) is 0.312. The van der Waals surface area contributed by atoms with Crippen molar-refractivity contribution in [2.75, 3.05) is 0 Å². The van der Waals surface area contributed by atoms with Crippen LogP contribution in [0, 0.1) is 6.20 Å². The molecule has 2 aromatic rings. The Morgan fingerprint density at radius 1 is 1.11 bits per heavy atom. The second kappa shape index (κ2) is 6.80. The Morgan fingerprint density at radius 2 is 2.00 bits per heavy atom. The van der Waals surface area contributed by atoms with Gasteiger partial charge in [0, 0.05) is 6.20 Å². The summed E-state index contributed by atoms with van der Waals surface area (Å²) in [5.41, 5.74) is 1.25. The molecule has 0 amide bonds. The predicted octanol–water partition coefficient (Wildman–Crippen LogP) is 4.41. The molecule has 1 heterocycles. The minimum absolute atomic E-state index is 0.667. The zero-order valence-electron chi connectivity index (χ0n) is 10.7. The molecule has 0 aliphatic rings. The average Bonchev–Trinajstić information content (AvgIpc) is 2.42. The molecule has 0 saturated carbocycles. The van der Waals surface area contributed by atoms with Gasteiger partial charge in [-0.2, -0.15) is 0 Å². The Morgan fingerprint density at radius 3 is 2.78 bits per heavy atom. The van der Waals surface area contributed by atoms with Crippen LogP contribution in [0.5, 0.6) is 11.5 Å². The summed E-state index contributed by atoms with van der Waals surface area (Å²) in [6, 6.07) is 11.9. The van der Waals surface area contributed by atoms with Crippen LogP contribution in [0.25, 0.3) is 0 Å². The fourth-order valence-corrected chi connectivity index (χ4v) is 1.86. The van der Waals surface area contributed by atoms with Gasteiger partial charge in [-0.15, -0.1) is 0 Å². The summed E-state index contributed by atoms with van der Waals surface area (Å²) >= 11 is 0. The van der Waals surface area contributed by atoms with E-state index in [2.05, 4.69) is 30.2 Å². The quantitative estimate of drug-likeness (QED) is 0.698. The first-order valence-electron chi connectivity index (χ1n) is 6.48. The van der Waals surface area contributed by atoms with Gasteiger partial charge in [0.15, 0.2) is 5.75 Å². The third-order valence-electron chi connectivity index (χ3n) is 2.83. The normalized spacial score (nSPS) is 10.3. The summed E-state index contributed by atoms with van der Waals surface area (Å²) in [6.07, 6.45) is 9.29. The number of aryl methyl sites for hydroxylation is 1. The number of nitrogens with zero attached hydrogens (tertiary/aromatic N) is 1. The van der Waals surface area contributed by atoms with E-state index in [0.29, 0.717) is 5.75 Å². The lowest BCUT2D eigenvalue weighted by atomic mass is 10.1. The number of hydrogen-bond acceptors (Lipinski definition) is 2. The summed E-state index contributed by atoms with van der Waals surface area (Å²) in [7, 11) is 0. The zero-order valence-corrected chi connectivity index (χ0v) is 10.7. The van der Waals surface area contributed by atoms with Crippen molar-refractivity contribution >= 4 is 0 Å². The second-order valence-corrected chi connectivity index (χ2v) is 4.28. The van der Waals surface area contributed by atoms with Gasteiger partial charge in [0.25, 0.3) is 0 Å². The summed E-state index contributed by atoms with van der Waals surface area (Å²) in [5.74, 6) is 1.58. The molecule has 0 fully saturated rings. The number of benzene rings is 1. The van der Waals surface area contributed by atoms with E-state index in [4.69, 9.17) is 4.74 Å². The highest BCUT2D eigenvalue weighted by atomic mass is 16.5. The van der Waals surface area contributed by atoms with Crippen molar-refractivity contribution in [2.45, 2.75) is 32.6 Å². The molecule has 0 aliphatic carbocycles. The highest BCUT2D eigenvalue weighted by molar-refractivity contribution is 5.36. The highest BCUT2D eigenvalue weighted by Gasteiger charge is 2.04. The van der Waals surface area contributed by atoms with Crippen LogP contribution in [0.3, 0.4) is 0 Å². The van der Waals surface area contributed by atoms with Crippen molar-refractivity contribution in [1.29, 1.82) is 0 Å². The molecule has 0 N–H and O–H groups in total. The molecular weight excluding hydrogens is 222 g/mol. The lowest BCUT2D eigenvalue weighted by Gasteiger charge is -2.10. The molecular formula is C16H18NO. The third kappa shape index (κ3) is 3.59. The van der Waals surface area contributed by atoms with Gasteiger partial charge >= 0.3 is 0 Å². The van der Waals surface area contributed by atoms with Crippen molar-refractivity contribution in [3.8, 4) is 11.5 Å². The topological polar surface area (TPSA) is 22.1 Å². The Bertz CT molecular complexity index is 468. The second-order valence-electron chi connectivity index (χ2n) is 4.28. The number of unbranched alkanes of at least 4 members (excludes halogenated alkanes) is 2. The molecule has 2 rings (SSSR count). The molecule has 0 spiro atoms. The molecule has 1 aromatic heterocycles. The van der Waals surface area contributed by atoms with Crippen LogP contribution in [0.15, 0.2) is 42.6 Å². The van der Waals surface area contributed by atoms with E-state index in [0.717, 1.165) is 12.2 Å². The Hall–Kier alpha value is -1.83. The van der Waals surface area contributed by atoms with E-state index in [-0.39, 0.29) is 0 Å². The van der Waals surface area contributed by atoms with Gasteiger partial charge in [0.2, 0.25) is 0 Å². The molecule has 2 nitrogen and oxygen atoms in total. The smallest absolute Gasteiger partial charge is 0.155 e. The van der Waals surface area contributed by atoms with E-state index >= 15 is 0 Å². The molecule has 93 valence electrons. The lowest BCUT2D eigenvalue weighted by molar-refractivity contribution is 0.471. The minimum Gasteiger partial charge on any atom is -0.455 e.